The molecule has 4 atom stereocenters. The lowest BCUT2D eigenvalue weighted by Gasteiger charge is -2.43. The van der Waals surface area contributed by atoms with Gasteiger partial charge in [0.2, 0.25) is 5.91 Å². The fourth-order valence-electron chi connectivity index (χ4n) is 5.42. The normalized spacial score (nSPS) is 21.7. The van der Waals surface area contributed by atoms with Gasteiger partial charge in [-0.25, -0.2) is 4.79 Å². The van der Waals surface area contributed by atoms with Crippen molar-refractivity contribution in [2.24, 2.45) is 5.92 Å². The molecule has 4 rings (SSSR count). The predicted octanol–water partition coefficient (Wildman–Crippen LogP) is 4.91. The molecule has 2 aromatic carbocycles. The van der Waals surface area contributed by atoms with Crippen LogP contribution in [0.1, 0.15) is 68.9 Å². The Hall–Kier alpha value is -3.86. The number of carbonyl (C=O) groups excluding carboxylic acids is 3. The van der Waals surface area contributed by atoms with Crippen LogP contribution in [0, 0.1) is 17.2 Å². The van der Waals surface area contributed by atoms with Gasteiger partial charge in [0.25, 0.3) is 5.91 Å². The van der Waals surface area contributed by atoms with Crippen LogP contribution in [-0.2, 0) is 22.5 Å². The molecular weight excluding hydrogens is 492 g/mol. The summed E-state index contributed by atoms with van der Waals surface area (Å²) in [6, 6.07) is 14.3. The van der Waals surface area contributed by atoms with Crippen LogP contribution < -0.4 is 5.32 Å². The molecule has 1 fully saturated rings. The third-order valence-electron chi connectivity index (χ3n) is 7.52. The van der Waals surface area contributed by atoms with Crippen molar-refractivity contribution in [2.75, 3.05) is 7.05 Å². The molecule has 8 nitrogen and oxygen atoms in total. The first kappa shape index (κ1) is 28.2. The van der Waals surface area contributed by atoms with E-state index in [-0.39, 0.29) is 23.8 Å². The number of nitriles is 1. The predicted molar refractivity (Wildman–Crippen MR) is 149 cm³/mol. The fourth-order valence-corrected chi connectivity index (χ4v) is 5.42. The summed E-state index contributed by atoms with van der Waals surface area (Å²) in [5.74, 6) is -0.370. The second-order valence-electron chi connectivity index (χ2n) is 11.9. The van der Waals surface area contributed by atoms with E-state index in [1.807, 2.05) is 56.3 Å². The minimum atomic E-state index is -0.749. The first-order chi connectivity index (χ1) is 18.4. The van der Waals surface area contributed by atoms with E-state index >= 15 is 0 Å². The number of amides is 3. The van der Waals surface area contributed by atoms with Crippen molar-refractivity contribution in [3.63, 3.8) is 0 Å². The van der Waals surface area contributed by atoms with Crippen LogP contribution in [0.5, 0.6) is 0 Å². The Labute approximate surface area is 230 Å². The minimum absolute atomic E-state index is 0.0305. The lowest BCUT2D eigenvalue weighted by molar-refractivity contribution is -0.131. The molecule has 1 saturated heterocycles. The summed E-state index contributed by atoms with van der Waals surface area (Å²) in [6.07, 6.45) is 1.42. The number of piperidine rings is 1. The zero-order valence-electron chi connectivity index (χ0n) is 23.7. The number of rotatable bonds is 5. The van der Waals surface area contributed by atoms with Crippen molar-refractivity contribution in [3.05, 3.63) is 59.2 Å². The van der Waals surface area contributed by atoms with Crippen LogP contribution >= 0.6 is 0 Å². The van der Waals surface area contributed by atoms with Crippen LogP contribution in [0.15, 0.2) is 42.5 Å². The van der Waals surface area contributed by atoms with Crippen LogP contribution in [0.2, 0.25) is 0 Å². The summed E-state index contributed by atoms with van der Waals surface area (Å²) in [5, 5.41) is 12.7. The molecule has 2 aromatic rings. The number of carbonyl (C=O) groups is 3. The molecule has 8 heteroatoms. The summed E-state index contributed by atoms with van der Waals surface area (Å²) in [4.78, 5) is 42.1. The molecule has 2 aliphatic rings. The van der Waals surface area contributed by atoms with Crippen LogP contribution in [0.4, 0.5) is 4.79 Å². The average molecular weight is 531 g/mol. The lowest BCUT2D eigenvalue weighted by atomic mass is 9.86. The maximum absolute atomic E-state index is 13.4. The molecule has 39 heavy (non-hydrogen) atoms. The third kappa shape index (κ3) is 6.25. The zero-order chi connectivity index (χ0) is 28.5. The number of nitrogens with zero attached hydrogens (tertiary/aromatic N) is 3. The molecule has 2 heterocycles. The largest absolute Gasteiger partial charge is 0.444 e. The molecule has 0 aliphatic carbocycles. The Kier molecular flexibility index (Phi) is 8.01. The summed E-state index contributed by atoms with van der Waals surface area (Å²) in [7, 11) is 1.80. The van der Waals surface area contributed by atoms with E-state index in [9.17, 15) is 19.6 Å². The fraction of sp³-hybridized carbons (Fsp3) is 0.484. The van der Waals surface area contributed by atoms with Crippen molar-refractivity contribution < 1.29 is 19.1 Å². The monoisotopic (exact) mass is 530 g/mol. The molecular formula is C31H38N4O4. The molecule has 0 unspecified atom stereocenters. The Morgan fingerprint density at radius 2 is 1.77 bits per heavy atom. The second-order valence-corrected chi connectivity index (χ2v) is 11.9. The first-order valence-electron chi connectivity index (χ1n) is 13.6. The Balaban J connectivity index is 1.45. The van der Waals surface area contributed by atoms with E-state index < -0.39 is 23.8 Å². The van der Waals surface area contributed by atoms with Crippen molar-refractivity contribution >= 4 is 17.9 Å². The van der Waals surface area contributed by atoms with Gasteiger partial charge in [-0.3, -0.25) is 14.5 Å². The maximum Gasteiger partial charge on any atom is 0.411 e. The van der Waals surface area contributed by atoms with Gasteiger partial charge in [0.15, 0.2) is 0 Å². The van der Waals surface area contributed by atoms with E-state index in [1.165, 1.54) is 4.90 Å². The lowest BCUT2D eigenvalue weighted by Crippen LogP contribution is -2.60. The van der Waals surface area contributed by atoms with Crippen molar-refractivity contribution in [2.45, 2.75) is 84.2 Å². The molecule has 0 saturated carbocycles. The van der Waals surface area contributed by atoms with Gasteiger partial charge >= 0.3 is 6.09 Å². The van der Waals surface area contributed by atoms with E-state index in [2.05, 4.69) is 11.4 Å². The van der Waals surface area contributed by atoms with Gasteiger partial charge in [-0.15, -0.1) is 0 Å². The number of nitrogens with one attached hydrogen (secondary N) is 1. The van der Waals surface area contributed by atoms with Crippen LogP contribution in [-0.4, -0.2) is 58.5 Å². The van der Waals surface area contributed by atoms with Gasteiger partial charge in [-0.1, -0.05) is 43.3 Å². The molecule has 2 aliphatic heterocycles. The highest BCUT2D eigenvalue weighted by atomic mass is 16.6. The smallest absolute Gasteiger partial charge is 0.411 e. The SMILES string of the molecule is C[C@@H]1CC[C@H](C)N(C(=O)OC(C)(C)C)[C@@H]1C(=O)N[C@H](C#N)Cc1ccc(-c2ccc3c(c2)C(=O)N(C)C3)cc1. The Bertz CT molecular complexity index is 1290. The summed E-state index contributed by atoms with van der Waals surface area (Å²) in [5.41, 5.74) is 3.92. The van der Waals surface area contributed by atoms with Crippen molar-refractivity contribution in [1.82, 2.24) is 15.1 Å². The molecule has 3 amide bonds. The highest BCUT2D eigenvalue weighted by Crippen LogP contribution is 2.31. The molecule has 0 aromatic heterocycles. The standard InChI is InChI=1S/C31H38N4O4/c1-19-7-8-20(2)35(30(38)39-31(3,4)5)27(19)28(36)33-25(17-32)15-21-9-11-22(12-10-21)23-13-14-24-18-34(6)29(37)26(24)16-23/h9-14,16,19-20,25,27H,7-8,15,18H2,1-6H3,(H,33,36)/t19-,20+,25+,27+/m1/s1. The van der Waals surface area contributed by atoms with Gasteiger partial charge in [0.05, 0.1) is 6.07 Å². The first-order valence-corrected chi connectivity index (χ1v) is 13.6. The molecule has 0 radical (unpaired) electrons. The zero-order valence-corrected chi connectivity index (χ0v) is 23.7. The molecule has 0 spiro atoms. The Morgan fingerprint density at radius 3 is 2.41 bits per heavy atom. The molecule has 206 valence electrons. The van der Waals surface area contributed by atoms with E-state index in [1.54, 1.807) is 32.7 Å². The van der Waals surface area contributed by atoms with Crippen LogP contribution in [0.25, 0.3) is 11.1 Å². The van der Waals surface area contributed by atoms with Crippen LogP contribution in [0.3, 0.4) is 0 Å². The molecule has 1 N–H and O–H groups in total. The second kappa shape index (κ2) is 11.1. The van der Waals surface area contributed by atoms with Gasteiger partial charge in [-0.2, -0.15) is 5.26 Å². The average Bonchev–Trinajstić information content (AvgIpc) is 3.16. The number of fused-ring (bicyclic) bond motifs is 1. The van der Waals surface area contributed by atoms with Crippen molar-refractivity contribution in [3.8, 4) is 17.2 Å². The highest BCUT2D eigenvalue weighted by Gasteiger charge is 2.43. The topological polar surface area (TPSA) is 103 Å². The van der Waals surface area contributed by atoms with Gasteiger partial charge in [0, 0.05) is 31.6 Å². The number of hydrogen-bond donors (Lipinski definition) is 1. The summed E-state index contributed by atoms with van der Waals surface area (Å²) < 4.78 is 5.61. The minimum Gasteiger partial charge on any atom is -0.444 e. The van der Waals surface area contributed by atoms with Gasteiger partial charge in [-0.05, 0) is 74.8 Å². The summed E-state index contributed by atoms with van der Waals surface area (Å²) >= 11 is 0. The Morgan fingerprint density at radius 1 is 1.10 bits per heavy atom. The van der Waals surface area contributed by atoms with Crippen molar-refractivity contribution in [1.29, 1.82) is 5.26 Å². The van der Waals surface area contributed by atoms with E-state index in [0.717, 1.165) is 40.7 Å². The number of benzene rings is 2. The van der Waals surface area contributed by atoms with Gasteiger partial charge in [0.1, 0.15) is 17.7 Å². The maximum atomic E-state index is 13.4. The van der Waals surface area contributed by atoms with E-state index in [4.69, 9.17) is 4.74 Å². The van der Waals surface area contributed by atoms with E-state index in [0.29, 0.717) is 13.0 Å². The summed E-state index contributed by atoms with van der Waals surface area (Å²) in [6.45, 7) is 9.92. The number of likely N-dealkylation sites (tertiary alicyclic amines) is 1. The number of hydrogen-bond acceptors (Lipinski definition) is 5. The van der Waals surface area contributed by atoms with Gasteiger partial charge < -0.3 is 15.0 Å². The quantitative estimate of drug-likeness (QED) is 0.592. The highest BCUT2D eigenvalue weighted by molar-refractivity contribution is 5.99. The third-order valence-corrected chi connectivity index (χ3v) is 7.52. The number of ether oxygens (including phenoxy) is 1. The molecule has 0 bridgehead atoms.